The molecule has 3 rings (SSSR count). The average molecular weight is 349 g/mol. The second kappa shape index (κ2) is 7.91. The lowest BCUT2D eigenvalue weighted by molar-refractivity contribution is 0.0939. The second-order valence-electron chi connectivity index (χ2n) is 6.06. The predicted molar refractivity (Wildman–Crippen MR) is 104 cm³/mol. The highest BCUT2D eigenvalue weighted by Gasteiger charge is 2.15. The van der Waals surface area contributed by atoms with Crippen molar-refractivity contribution in [3.8, 4) is 11.5 Å². The van der Waals surface area contributed by atoms with Crippen LogP contribution in [0.4, 0.5) is 0 Å². The molecule has 1 N–H and O–H groups in total. The summed E-state index contributed by atoms with van der Waals surface area (Å²) in [6, 6.07) is 19.4. The standard InChI is InChI=1S/C22H23NO3/c1-4-26-20-13-12-17(14-21(20)25-3)22(24)23-15(2)18-11-7-9-16-8-5-6-10-19(16)18/h5-15H,4H2,1-3H3,(H,23,24). The molecule has 0 saturated heterocycles. The van der Waals surface area contributed by atoms with E-state index in [1.807, 2.05) is 38.1 Å². The molecule has 0 bridgehead atoms. The van der Waals surface area contributed by atoms with Crippen LogP contribution < -0.4 is 14.8 Å². The van der Waals surface area contributed by atoms with Crippen LogP contribution in [0.1, 0.15) is 35.8 Å². The normalized spacial score (nSPS) is 11.8. The Morgan fingerprint density at radius 2 is 1.81 bits per heavy atom. The van der Waals surface area contributed by atoms with Crippen molar-refractivity contribution in [1.29, 1.82) is 0 Å². The Morgan fingerprint density at radius 3 is 2.58 bits per heavy atom. The van der Waals surface area contributed by atoms with Gasteiger partial charge in [0.05, 0.1) is 19.8 Å². The Morgan fingerprint density at radius 1 is 1.04 bits per heavy atom. The molecule has 134 valence electrons. The molecule has 3 aromatic rings. The lowest BCUT2D eigenvalue weighted by Crippen LogP contribution is -2.26. The molecule has 0 saturated carbocycles. The molecule has 3 aromatic carbocycles. The zero-order valence-electron chi connectivity index (χ0n) is 15.3. The first-order chi connectivity index (χ1) is 12.6. The van der Waals surface area contributed by atoms with Crippen LogP contribution >= 0.6 is 0 Å². The molecule has 1 atom stereocenters. The van der Waals surface area contributed by atoms with Crippen molar-refractivity contribution in [1.82, 2.24) is 5.32 Å². The Labute approximate surface area is 153 Å². The van der Waals surface area contributed by atoms with Crippen LogP contribution in [0, 0.1) is 0 Å². The summed E-state index contributed by atoms with van der Waals surface area (Å²) in [4.78, 5) is 12.7. The topological polar surface area (TPSA) is 47.6 Å². The van der Waals surface area contributed by atoms with Gasteiger partial charge in [-0.3, -0.25) is 4.79 Å². The smallest absolute Gasteiger partial charge is 0.251 e. The Balaban J connectivity index is 1.83. The van der Waals surface area contributed by atoms with Gasteiger partial charge in [0.15, 0.2) is 11.5 Å². The quantitative estimate of drug-likeness (QED) is 0.699. The lowest BCUT2D eigenvalue weighted by Gasteiger charge is -2.17. The minimum Gasteiger partial charge on any atom is -0.493 e. The molecule has 0 fully saturated rings. The number of ether oxygens (including phenoxy) is 2. The third kappa shape index (κ3) is 3.64. The molecule has 0 aliphatic carbocycles. The Kier molecular flexibility index (Phi) is 5.42. The average Bonchev–Trinajstić information content (AvgIpc) is 2.67. The van der Waals surface area contributed by atoms with E-state index in [9.17, 15) is 4.79 Å². The molecule has 0 aromatic heterocycles. The van der Waals surface area contributed by atoms with Gasteiger partial charge in [-0.15, -0.1) is 0 Å². The fourth-order valence-corrected chi connectivity index (χ4v) is 3.07. The van der Waals surface area contributed by atoms with Crippen LogP contribution in [0.15, 0.2) is 60.7 Å². The van der Waals surface area contributed by atoms with Crippen molar-refractivity contribution in [2.24, 2.45) is 0 Å². The maximum Gasteiger partial charge on any atom is 0.251 e. The van der Waals surface area contributed by atoms with Crippen molar-refractivity contribution in [3.05, 3.63) is 71.8 Å². The molecule has 1 unspecified atom stereocenters. The largest absolute Gasteiger partial charge is 0.493 e. The fourth-order valence-electron chi connectivity index (χ4n) is 3.07. The van der Waals surface area contributed by atoms with E-state index >= 15 is 0 Å². The predicted octanol–water partition coefficient (Wildman–Crippen LogP) is 4.74. The Bertz CT molecular complexity index is 915. The minimum absolute atomic E-state index is 0.119. The van der Waals surface area contributed by atoms with Gasteiger partial charge in [-0.25, -0.2) is 0 Å². The van der Waals surface area contributed by atoms with Crippen LogP contribution in [0.2, 0.25) is 0 Å². The van der Waals surface area contributed by atoms with E-state index < -0.39 is 0 Å². The number of carbonyl (C=O) groups is 1. The zero-order valence-corrected chi connectivity index (χ0v) is 15.3. The van der Waals surface area contributed by atoms with Gasteiger partial charge in [-0.2, -0.15) is 0 Å². The summed E-state index contributed by atoms with van der Waals surface area (Å²) < 4.78 is 10.8. The van der Waals surface area contributed by atoms with Gasteiger partial charge in [0.1, 0.15) is 0 Å². The summed E-state index contributed by atoms with van der Waals surface area (Å²) in [7, 11) is 1.57. The molecule has 0 aliphatic heterocycles. The van der Waals surface area contributed by atoms with Gasteiger partial charge < -0.3 is 14.8 Å². The van der Waals surface area contributed by atoms with E-state index in [1.54, 1.807) is 25.3 Å². The highest BCUT2D eigenvalue weighted by Crippen LogP contribution is 2.29. The van der Waals surface area contributed by atoms with Crippen molar-refractivity contribution in [3.63, 3.8) is 0 Å². The van der Waals surface area contributed by atoms with E-state index in [-0.39, 0.29) is 11.9 Å². The second-order valence-corrected chi connectivity index (χ2v) is 6.06. The summed E-state index contributed by atoms with van der Waals surface area (Å²) in [5.41, 5.74) is 1.63. The molecular formula is C22H23NO3. The highest BCUT2D eigenvalue weighted by atomic mass is 16.5. The number of amides is 1. The SMILES string of the molecule is CCOc1ccc(C(=O)NC(C)c2cccc3ccccc23)cc1OC. The molecule has 4 nitrogen and oxygen atoms in total. The number of rotatable bonds is 6. The minimum atomic E-state index is -0.146. The summed E-state index contributed by atoms with van der Waals surface area (Å²) in [5, 5.41) is 5.38. The summed E-state index contributed by atoms with van der Waals surface area (Å²) in [6.07, 6.45) is 0. The molecule has 0 aliphatic rings. The number of fused-ring (bicyclic) bond motifs is 1. The van der Waals surface area contributed by atoms with Crippen LogP contribution in [0.5, 0.6) is 11.5 Å². The summed E-state index contributed by atoms with van der Waals surface area (Å²) in [5.74, 6) is 1.04. The van der Waals surface area contributed by atoms with Gasteiger partial charge in [-0.05, 0) is 48.4 Å². The highest BCUT2D eigenvalue weighted by molar-refractivity contribution is 5.95. The third-order valence-electron chi connectivity index (χ3n) is 4.36. The van der Waals surface area contributed by atoms with Crippen molar-refractivity contribution in [2.45, 2.75) is 19.9 Å². The molecule has 4 heteroatoms. The first kappa shape index (κ1) is 17.8. The maximum atomic E-state index is 12.7. The van der Waals surface area contributed by atoms with Crippen molar-refractivity contribution >= 4 is 16.7 Å². The van der Waals surface area contributed by atoms with Crippen LogP contribution in [0.25, 0.3) is 10.8 Å². The lowest BCUT2D eigenvalue weighted by atomic mass is 9.99. The number of carbonyl (C=O) groups excluding carboxylic acids is 1. The Hall–Kier alpha value is -3.01. The number of hydrogen-bond donors (Lipinski definition) is 1. The number of benzene rings is 3. The van der Waals surface area contributed by atoms with E-state index in [4.69, 9.17) is 9.47 Å². The number of nitrogens with one attached hydrogen (secondary N) is 1. The first-order valence-electron chi connectivity index (χ1n) is 8.73. The number of methoxy groups -OCH3 is 1. The van der Waals surface area contributed by atoms with Gasteiger partial charge in [0, 0.05) is 5.56 Å². The molecule has 1 amide bonds. The summed E-state index contributed by atoms with van der Waals surface area (Å²) in [6.45, 7) is 4.44. The van der Waals surface area contributed by atoms with Gasteiger partial charge >= 0.3 is 0 Å². The van der Waals surface area contributed by atoms with Crippen LogP contribution in [0.3, 0.4) is 0 Å². The van der Waals surface area contributed by atoms with Gasteiger partial charge in [0.25, 0.3) is 5.91 Å². The van der Waals surface area contributed by atoms with E-state index in [2.05, 4.69) is 23.5 Å². The molecule has 0 radical (unpaired) electrons. The zero-order chi connectivity index (χ0) is 18.5. The van der Waals surface area contributed by atoms with Gasteiger partial charge in [-0.1, -0.05) is 42.5 Å². The molecular weight excluding hydrogens is 326 g/mol. The monoisotopic (exact) mass is 349 g/mol. The molecule has 26 heavy (non-hydrogen) atoms. The maximum absolute atomic E-state index is 12.7. The molecule has 0 spiro atoms. The van der Waals surface area contributed by atoms with Crippen LogP contribution in [-0.4, -0.2) is 19.6 Å². The first-order valence-corrected chi connectivity index (χ1v) is 8.73. The fraction of sp³-hybridized carbons (Fsp3) is 0.227. The molecule has 0 heterocycles. The van der Waals surface area contributed by atoms with Crippen molar-refractivity contribution in [2.75, 3.05) is 13.7 Å². The van der Waals surface area contributed by atoms with Crippen LogP contribution in [-0.2, 0) is 0 Å². The van der Waals surface area contributed by atoms with E-state index in [0.717, 1.165) is 16.3 Å². The van der Waals surface area contributed by atoms with E-state index in [0.29, 0.717) is 23.7 Å². The summed E-state index contributed by atoms with van der Waals surface area (Å²) >= 11 is 0. The van der Waals surface area contributed by atoms with E-state index in [1.165, 1.54) is 0 Å². The third-order valence-corrected chi connectivity index (χ3v) is 4.36. The van der Waals surface area contributed by atoms with Gasteiger partial charge in [0.2, 0.25) is 0 Å². The number of hydrogen-bond acceptors (Lipinski definition) is 3. The van der Waals surface area contributed by atoms with Crippen molar-refractivity contribution < 1.29 is 14.3 Å².